The van der Waals surface area contributed by atoms with Crippen molar-refractivity contribution >= 4 is 22.9 Å². The maximum atomic E-state index is 15.0. The molecular weight excluding hydrogens is 525 g/mol. The zero-order valence-corrected chi connectivity index (χ0v) is 21.0. The number of halogens is 3. The van der Waals surface area contributed by atoms with Crippen molar-refractivity contribution in [3.05, 3.63) is 95.2 Å². The van der Waals surface area contributed by atoms with Gasteiger partial charge in [-0.05, 0) is 36.8 Å². The Balaban J connectivity index is 1.35. The lowest BCUT2D eigenvalue weighted by Crippen LogP contribution is -2.17. The number of fused-ring (bicyclic) bond motifs is 2. The number of nitrogens with one attached hydrogen (secondary N) is 1. The fraction of sp³-hybridized carbons (Fsp3) is 0.138. The number of aromatic nitrogens is 4. The van der Waals surface area contributed by atoms with Crippen molar-refractivity contribution in [2.24, 2.45) is 7.05 Å². The Bertz CT molecular complexity index is 1810. The lowest BCUT2D eigenvalue weighted by atomic mass is 9.90. The molecule has 0 spiro atoms. The molecule has 0 aliphatic carbocycles. The second-order valence-corrected chi connectivity index (χ2v) is 9.23. The molecule has 0 radical (unpaired) electrons. The number of aromatic amines is 1. The molecule has 202 valence electrons. The van der Waals surface area contributed by atoms with Crippen LogP contribution in [0.3, 0.4) is 0 Å². The summed E-state index contributed by atoms with van der Waals surface area (Å²) in [6, 6.07) is 11.7. The first-order chi connectivity index (χ1) is 19.3. The second kappa shape index (κ2) is 9.92. The van der Waals surface area contributed by atoms with Crippen LogP contribution in [0.1, 0.15) is 29.3 Å². The van der Waals surface area contributed by atoms with Crippen LogP contribution in [0.5, 0.6) is 17.2 Å². The first kappa shape index (κ1) is 25.2. The molecule has 0 bridgehead atoms. The van der Waals surface area contributed by atoms with Crippen LogP contribution in [-0.2, 0) is 11.8 Å². The highest BCUT2D eigenvalue weighted by atomic mass is 19.1. The zero-order chi connectivity index (χ0) is 28.0. The molecule has 0 saturated carbocycles. The van der Waals surface area contributed by atoms with Crippen LogP contribution in [0.4, 0.5) is 13.2 Å². The van der Waals surface area contributed by atoms with E-state index in [0.717, 1.165) is 23.8 Å². The standard InChI is InChI=1S/C29H21F3N4O4/c1-36-29(34-28(35-36)18-10-12-39-26-15(5-8-24(37)38)3-2-4-17(18)26)20-13-16(6-7-21(20)30)40-27-22(31)14-23-19(25(27)32)9-11-33-23/h2-9,11,13-14,18,33H,10,12H2,1H3,(H,37,38)/b8-5+. The minimum Gasteiger partial charge on any atom is -0.493 e. The predicted molar refractivity (Wildman–Crippen MR) is 140 cm³/mol. The number of hydrogen-bond donors (Lipinski definition) is 2. The van der Waals surface area contributed by atoms with Gasteiger partial charge in [0.05, 0.1) is 23.6 Å². The number of carboxylic acid groups (broad SMARTS) is 1. The highest BCUT2D eigenvalue weighted by molar-refractivity contribution is 5.86. The number of para-hydroxylation sites is 1. The number of ether oxygens (including phenoxy) is 2. The van der Waals surface area contributed by atoms with E-state index in [1.165, 1.54) is 35.2 Å². The maximum absolute atomic E-state index is 15.0. The summed E-state index contributed by atoms with van der Waals surface area (Å²) < 4.78 is 57.4. The third-order valence-electron chi connectivity index (χ3n) is 6.70. The Hall–Kier alpha value is -5.06. The summed E-state index contributed by atoms with van der Waals surface area (Å²) >= 11 is 0. The number of H-pyrrole nitrogens is 1. The highest BCUT2D eigenvalue weighted by Gasteiger charge is 2.29. The highest BCUT2D eigenvalue weighted by Crippen LogP contribution is 2.41. The van der Waals surface area contributed by atoms with Gasteiger partial charge in [-0.3, -0.25) is 0 Å². The van der Waals surface area contributed by atoms with E-state index >= 15 is 4.39 Å². The molecule has 2 aromatic heterocycles. The van der Waals surface area contributed by atoms with Crippen molar-refractivity contribution in [1.29, 1.82) is 0 Å². The summed E-state index contributed by atoms with van der Waals surface area (Å²) in [5.41, 5.74) is 1.70. The monoisotopic (exact) mass is 546 g/mol. The van der Waals surface area contributed by atoms with E-state index in [4.69, 9.17) is 14.6 Å². The van der Waals surface area contributed by atoms with Gasteiger partial charge in [-0.15, -0.1) is 0 Å². The fourth-order valence-corrected chi connectivity index (χ4v) is 4.86. The lowest BCUT2D eigenvalue weighted by Gasteiger charge is -2.25. The van der Waals surface area contributed by atoms with E-state index < -0.39 is 29.2 Å². The van der Waals surface area contributed by atoms with Crippen molar-refractivity contribution in [3.8, 4) is 28.6 Å². The minimum atomic E-state index is -1.08. The van der Waals surface area contributed by atoms with Crippen molar-refractivity contribution in [1.82, 2.24) is 19.7 Å². The molecule has 5 aromatic rings. The number of hydrogen-bond acceptors (Lipinski definition) is 5. The summed E-state index contributed by atoms with van der Waals surface area (Å²) in [4.78, 5) is 18.4. The number of rotatable bonds is 6. The molecule has 1 aliphatic heterocycles. The van der Waals surface area contributed by atoms with Gasteiger partial charge in [0.15, 0.2) is 29.0 Å². The van der Waals surface area contributed by atoms with E-state index in [9.17, 15) is 13.6 Å². The van der Waals surface area contributed by atoms with Crippen molar-refractivity contribution in [2.75, 3.05) is 6.61 Å². The lowest BCUT2D eigenvalue weighted by molar-refractivity contribution is -0.131. The minimum absolute atomic E-state index is 0.0138. The first-order valence-corrected chi connectivity index (χ1v) is 12.3. The number of aliphatic carboxylic acids is 1. The van der Waals surface area contributed by atoms with Crippen LogP contribution in [0.2, 0.25) is 0 Å². The molecular formula is C29H21F3N4O4. The molecule has 0 amide bonds. The molecule has 11 heteroatoms. The van der Waals surface area contributed by atoms with Crippen LogP contribution >= 0.6 is 0 Å². The number of nitrogens with zero attached hydrogens (tertiary/aromatic N) is 3. The van der Waals surface area contributed by atoms with Gasteiger partial charge in [0.2, 0.25) is 0 Å². The number of carboxylic acids is 1. The molecule has 6 rings (SSSR count). The van der Waals surface area contributed by atoms with Crippen LogP contribution < -0.4 is 9.47 Å². The molecule has 1 atom stereocenters. The Morgan fingerprint density at radius 1 is 1.18 bits per heavy atom. The third-order valence-corrected chi connectivity index (χ3v) is 6.70. The molecule has 0 fully saturated rings. The Morgan fingerprint density at radius 3 is 2.85 bits per heavy atom. The summed E-state index contributed by atoms with van der Waals surface area (Å²) in [6.07, 6.45) is 4.53. The summed E-state index contributed by atoms with van der Waals surface area (Å²) in [5, 5.41) is 13.7. The van der Waals surface area contributed by atoms with Gasteiger partial charge in [0.25, 0.3) is 0 Å². The molecule has 8 nitrogen and oxygen atoms in total. The molecule has 2 N–H and O–H groups in total. The molecule has 1 unspecified atom stereocenters. The van der Waals surface area contributed by atoms with E-state index in [1.807, 2.05) is 6.07 Å². The second-order valence-electron chi connectivity index (χ2n) is 9.23. The summed E-state index contributed by atoms with van der Waals surface area (Å²) in [6.45, 7) is 0.351. The fourth-order valence-electron chi connectivity index (χ4n) is 4.86. The van der Waals surface area contributed by atoms with Gasteiger partial charge in [-0.25, -0.2) is 27.6 Å². The van der Waals surface area contributed by atoms with Gasteiger partial charge in [-0.1, -0.05) is 18.2 Å². The molecule has 40 heavy (non-hydrogen) atoms. The SMILES string of the molecule is Cn1nc(C2CCOc3c(/C=C/C(=O)O)cccc32)nc1-c1cc(Oc2c(F)cc3[nH]ccc3c2F)ccc1F. The zero-order valence-electron chi connectivity index (χ0n) is 21.0. The molecule has 0 saturated heterocycles. The van der Waals surface area contributed by atoms with Crippen molar-refractivity contribution < 1.29 is 32.5 Å². The maximum Gasteiger partial charge on any atom is 0.328 e. The summed E-state index contributed by atoms with van der Waals surface area (Å²) in [7, 11) is 1.62. The van der Waals surface area contributed by atoms with Crippen LogP contribution in [0.25, 0.3) is 28.4 Å². The quantitative estimate of drug-likeness (QED) is 0.247. The number of aryl methyl sites for hydroxylation is 1. The van der Waals surface area contributed by atoms with Gasteiger partial charge < -0.3 is 19.6 Å². The van der Waals surface area contributed by atoms with Crippen LogP contribution in [0.15, 0.2) is 60.8 Å². The van der Waals surface area contributed by atoms with Gasteiger partial charge in [-0.2, -0.15) is 5.10 Å². The number of carbonyl (C=O) groups is 1. The van der Waals surface area contributed by atoms with Crippen LogP contribution in [0, 0.1) is 17.5 Å². The Morgan fingerprint density at radius 2 is 2.02 bits per heavy atom. The average Bonchev–Trinajstić information content (AvgIpc) is 3.56. The topological polar surface area (TPSA) is 102 Å². The molecule has 1 aliphatic rings. The van der Waals surface area contributed by atoms with E-state index in [0.29, 0.717) is 30.2 Å². The predicted octanol–water partition coefficient (Wildman–Crippen LogP) is 6.19. The van der Waals surface area contributed by atoms with Gasteiger partial charge in [0, 0.05) is 41.9 Å². The third kappa shape index (κ3) is 4.45. The average molecular weight is 547 g/mol. The van der Waals surface area contributed by atoms with Gasteiger partial charge in [0.1, 0.15) is 17.3 Å². The van der Waals surface area contributed by atoms with Crippen molar-refractivity contribution in [2.45, 2.75) is 12.3 Å². The number of benzene rings is 3. The smallest absolute Gasteiger partial charge is 0.328 e. The van der Waals surface area contributed by atoms with Crippen molar-refractivity contribution in [3.63, 3.8) is 0 Å². The largest absolute Gasteiger partial charge is 0.493 e. The van der Waals surface area contributed by atoms with E-state index in [-0.39, 0.29) is 34.0 Å². The first-order valence-electron chi connectivity index (χ1n) is 12.3. The van der Waals surface area contributed by atoms with E-state index in [1.54, 1.807) is 19.2 Å². The van der Waals surface area contributed by atoms with Crippen LogP contribution in [-0.4, -0.2) is 37.4 Å². The normalized spacial score (nSPS) is 14.8. The van der Waals surface area contributed by atoms with E-state index in [2.05, 4.69) is 15.1 Å². The Labute approximate surface area is 225 Å². The Kier molecular flexibility index (Phi) is 6.25. The summed E-state index contributed by atoms with van der Waals surface area (Å²) in [5.74, 6) is -3.22. The molecule has 3 heterocycles. The molecule has 3 aromatic carbocycles. The van der Waals surface area contributed by atoms with Gasteiger partial charge >= 0.3 is 5.97 Å².